The zero-order valence-corrected chi connectivity index (χ0v) is 13.6. The lowest BCUT2D eigenvalue weighted by Gasteiger charge is -2.13. The third-order valence-electron chi connectivity index (χ3n) is 3.81. The number of ether oxygens (including phenoxy) is 1. The second-order valence-corrected chi connectivity index (χ2v) is 6.21. The van der Waals surface area contributed by atoms with Crippen LogP contribution in [0.4, 0.5) is 8.78 Å². The maximum atomic E-state index is 13.2. The van der Waals surface area contributed by atoms with Crippen LogP contribution in [0.1, 0.15) is 28.8 Å². The number of halogens is 3. The van der Waals surface area contributed by atoms with Crippen molar-refractivity contribution in [1.29, 1.82) is 0 Å². The first-order chi connectivity index (χ1) is 11.5. The molecule has 2 aromatic rings. The Labute approximate surface area is 143 Å². The van der Waals surface area contributed by atoms with E-state index in [0.29, 0.717) is 23.8 Å². The Balaban J connectivity index is 1.70. The third kappa shape index (κ3) is 4.03. The van der Waals surface area contributed by atoms with Crippen molar-refractivity contribution >= 4 is 17.5 Å². The van der Waals surface area contributed by atoms with E-state index in [9.17, 15) is 13.6 Å². The zero-order chi connectivity index (χ0) is 17.1. The molecule has 0 atom stereocenters. The van der Waals surface area contributed by atoms with E-state index >= 15 is 0 Å². The Morgan fingerprint density at radius 2 is 2.00 bits per heavy atom. The largest absolute Gasteiger partial charge is 0.492 e. The summed E-state index contributed by atoms with van der Waals surface area (Å²) in [5.74, 6) is -1.32. The van der Waals surface area contributed by atoms with E-state index < -0.39 is 17.5 Å². The van der Waals surface area contributed by atoms with Crippen molar-refractivity contribution in [2.24, 2.45) is 5.92 Å². The summed E-state index contributed by atoms with van der Waals surface area (Å²) < 4.78 is 31.8. The molecule has 2 aromatic carbocycles. The normalized spacial score (nSPS) is 13.6. The van der Waals surface area contributed by atoms with E-state index in [1.165, 1.54) is 6.07 Å². The van der Waals surface area contributed by atoms with Crippen LogP contribution >= 0.6 is 11.6 Å². The first-order valence-corrected chi connectivity index (χ1v) is 8.06. The molecule has 1 fully saturated rings. The Morgan fingerprint density at radius 3 is 2.71 bits per heavy atom. The molecule has 1 amide bonds. The molecule has 0 spiro atoms. The molecule has 0 radical (unpaired) electrons. The Bertz CT molecular complexity index is 763. The van der Waals surface area contributed by atoms with Crippen molar-refractivity contribution in [3.63, 3.8) is 0 Å². The fraction of sp³-hybridized carbons (Fsp3) is 0.278. The molecular formula is C18H16ClF2NO2. The molecular weight excluding hydrogens is 336 g/mol. The highest BCUT2D eigenvalue weighted by Crippen LogP contribution is 2.32. The van der Waals surface area contributed by atoms with Gasteiger partial charge in [-0.3, -0.25) is 4.79 Å². The molecule has 24 heavy (non-hydrogen) atoms. The van der Waals surface area contributed by atoms with Crippen LogP contribution in [0.5, 0.6) is 5.75 Å². The Morgan fingerprint density at radius 1 is 1.21 bits per heavy atom. The SMILES string of the molecule is O=C(NCc1ccc(F)c(F)c1)c1c(Cl)cccc1OCC1CC1. The minimum Gasteiger partial charge on any atom is -0.492 e. The van der Waals surface area contributed by atoms with Gasteiger partial charge in [0.05, 0.1) is 17.2 Å². The number of hydrogen-bond acceptors (Lipinski definition) is 2. The molecule has 1 aliphatic carbocycles. The van der Waals surface area contributed by atoms with Crippen LogP contribution in [0.3, 0.4) is 0 Å². The minimum absolute atomic E-state index is 0.0589. The van der Waals surface area contributed by atoms with Crippen LogP contribution in [0.15, 0.2) is 36.4 Å². The smallest absolute Gasteiger partial charge is 0.256 e. The number of hydrogen-bond donors (Lipinski definition) is 1. The van der Waals surface area contributed by atoms with Gasteiger partial charge in [0.15, 0.2) is 11.6 Å². The van der Waals surface area contributed by atoms with Crippen molar-refractivity contribution in [2.45, 2.75) is 19.4 Å². The van der Waals surface area contributed by atoms with Gasteiger partial charge >= 0.3 is 0 Å². The van der Waals surface area contributed by atoms with Gasteiger partial charge in [-0.1, -0.05) is 23.7 Å². The predicted molar refractivity (Wildman–Crippen MR) is 87.2 cm³/mol. The average Bonchev–Trinajstić information content (AvgIpc) is 3.38. The number of carbonyl (C=O) groups is 1. The molecule has 126 valence electrons. The van der Waals surface area contributed by atoms with E-state index in [1.807, 2.05) is 0 Å². The molecule has 0 saturated heterocycles. The van der Waals surface area contributed by atoms with E-state index in [1.54, 1.807) is 18.2 Å². The monoisotopic (exact) mass is 351 g/mol. The van der Waals surface area contributed by atoms with Gasteiger partial charge in [0.2, 0.25) is 0 Å². The molecule has 6 heteroatoms. The van der Waals surface area contributed by atoms with Crippen LogP contribution in [0.2, 0.25) is 5.02 Å². The number of carbonyl (C=O) groups excluding carboxylic acids is 1. The van der Waals surface area contributed by atoms with Gasteiger partial charge < -0.3 is 10.1 Å². The fourth-order valence-electron chi connectivity index (χ4n) is 2.26. The van der Waals surface area contributed by atoms with Crippen LogP contribution in [0, 0.1) is 17.6 Å². The highest BCUT2D eigenvalue weighted by atomic mass is 35.5. The van der Waals surface area contributed by atoms with Gasteiger partial charge in [-0.05, 0) is 48.6 Å². The highest BCUT2D eigenvalue weighted by molar-refractivity contribution is 6.34. The lowest BCUT2D eigenvalue weighted by Crippen LogP contribution is -2.24. The fourth-order valence-corrected chi connectivity index (χ4v) is 2.51. The van der Waals surface area contributed by atoms with Crippen molar-refractivity contribution in [3.05, 3.63) is 64.2 Å². The highest BCUT2D eigenvalue weighted by Gasteiger charge is 2.24. The first-order valence-electron chi connectivity index (χ1n) is 7.68. The molecule has 1 saturated carbocycles. The second-order valence-electron chi connectivity index (χ2n) is 5.80. The summed E-state index contributed by atoms with van der Waals surface area (Å²) in [5.41, 5.74) is 0.706. The third-order valence-corrected chi connectivity index (χ3v) is 4.13. The summed E-state index contributed by atoms with van der Waals surface area (Å²) in [4.78, 5) is 12.4. The van der Waals surface area contributed by atoms with Gasteiger partial charge in [0, 0.05) is 6.54 Å². The van der Waals surface area contributed by atoms with Crippen LogP contribution in [0.25, 0.3) is 0 Å². The van der Waals surface area contributed by atoms with Crippen molar-refractivity contribution in [3.8, 4) is 5.75 Å². The topological polar surface area (TPSA) is 38.3 Å². The van der Waals surface area contributed by atoms with Gasteiger partial charge in [0.25, 0.3) is 5.91 Å². The maximum Gasteiger partial charge on any atom is 0.256 e. The average molecular weight is 352 g/mol. The quantitative estimate of drug-likeness (QED) is 0.841. The van der Waals surface area contributed by atoms with E-state index in [-0.39, 0.29) is 17.1 Å². The standard InChI is InChI=1S/C18H16ClF2NO2/c19-13-2-1-3-16(24-10-11-4-5-11)17(13)18(23)22-9-12-6-7-14(20)15(21)8-12/h1-3,6-8,11H,4-5,9-10H2,(H,22,23). The van der Waals surface area contributed by atoms with Gasteiger partial charge in [-0.2, -0.15) is 0 Å². The second kappa shape index (κ2) is 7.18. The van der Waals surface area contributed by atoms with Crippen LogP contribution in [-0.4, -0.2) is 12.5 Å². The summed E-state index contributed by atoms with van der Waals surface area (Å²) in [7, 11) is 0. The molecule has 0 aliphatic heterocycles. The summed E-state index contributed by atoms with van der Waals surface area (Å²) in [5, 5.41) is 2.94. The number of amides is 1. The first kappa shape index (κ1) is 16.7. The predicted octanol–water partition coefficient (Wildman–Crippen LogP) is 4.34. The van der Waals surface area contributed by atoms with Crippen LogP contribution in [-0.2, 0) is 6.54 Å². The molecule has 3 nitrogen and oxygen atoms in total. The lowest BCUT2D eigenvalue weighted by atomic mass is 10.1. The van der Waals surface area contributed by atoms with E-state index in [2.05, 4.69) is 5.32 Å². The molecule has 0 heterocycles. The molecule has 1 N–H and O–H groups in total. The summed E-state index contributed by atoms with van der Waals surface area (Å²) in [6, 6.07) is 8.51. The number of rotatable bonds is 6. The number of nitrogens with one attached hydrogen (secondary N) is 1. The van der Waals surface area contributed by atoms with Crippen molar-refractivity contribution in [1.82, 2.24) is 5.32 Å². The van der Waals surface area contributed by atoms with Crippen molar-refractivity contribution < 1.29 is 18.3 Å². The zero-order valence-electron chi connectivity index (χ0n) is 12.8. The van der Waals surface area contributed by atoms with E-state index in [4.69, 9.17) is 16.3 Å². The molecule has 0 bridgehead atoms. The van der Waals surface area contributed by atoms with Gasteiger partial charge in [-0.15, -0.1) is 0 Å². The van der Waals surface area contributed by atoms with Gasteiger partial charge in [0.1, 0.15) is 5.75 Å². The maximum absolute atomic E-state index is 13.2. The van der Waals surface area contributed by atoms with E-state index in [0.717, 1.165) is 25.0 Å². The van der Waals surface area contributed by atoms with Crippen LogP contribution < -0.4 is 10.1 Å². The summed E-state index contributed by atoms with van der Waals surface area (Å²) in [6.07, 6.45) is 2.27. The molecule has 3 rings (SSSR count). The summed E-state index contributed by atoms with van der Waals surface area (Å²) in [6.45, 7) is 0.618. The summed E-state index contributed by atoms with van der Waals surface area (Å²) >= 11 is 6.13. The van der Waals surface area contributed by atoms with Crippen molar-refractivity contribution in [2.75, 3.05) is 6.61 Å². The van der Waals surface area contributed by atoms with Gasteiger partial charge in [-0.25, -0.2) is 8.78 Å². The Kier molecular flexibility index (Phi) is 5.00. The minimum atomic E-state index is -0.951. The lowest BCUT2D eigenvalue weighted by molar-refractivity contribution is 0.0946. The molecule has 0 aromatic heterocycles. The number of benzene rings is 2. The molecule has 1 aliphatic rings. The molecule has 0 unspecified atom stereocenters. The Hall–Kier alpha value is -2.14.